The van der Waals surface area contributed by atoms with Crippen LogP contribution in [0.1, 0.15) is 18.5 Å². The lowest BCUT2D eigenvalue weighted by Gasteiger charge is -2.19. The van der Waals surface area contributed by atoms with Crippen molar-refractivity contribution < 1.29 is 9.13 Å². The van der Waals surface area contributed by atoms with Gasteiger partial charge in [-0.3, -0.25) is 14.3 Å². The lowest BCUT2D eigenvalue weighted by Crippen LogP contribution is -2.27. The highest BCUT2D eigenvalue weighted by Gasteiger charge is 2.22. The highest BCUT2D eigenvalue weighted by atomic mass is 32.2. The molecule has 2 aromatic carbocycles. The van der Waals surface area contributed by atoms with Gasteiger partial charge in [0.25, 0.3) is 5.69 Å². The minimum Gasteiger partial charge on any atom is -0.323 e. The van der Waals surface area contributed by atoms with Crippen LogP contribution >= 0.6 is 0 Å². The first-order valence-electron chi connectivity index (χ1n) is 6.46. The Morgan fingerprint density at radius 3 is 2.19 bits per heavy atom. The lowest BCUT2D eigenvalue weighted by molar-refractivity contribution is -0.384. The van der Waals surface area contributed by atoms with Crippen molar-refractivity contribution >= 4 is 16.5 Å². The normalized spacial score (nSPS) is 15.1. The molecule has 0 aliphatic carbocycles. The predicted molar refractivity (Wildman–Crippen MR) is 82.3 cm³/mol. The van der Waals surface area contributed by atoms with Gasteiger partial charge in [0.15, 0.2) is 0 Å². The van der Waals surface area contributed by atoms with Gasteiger partial charge in [-0.1, -0.05) is 30.3 Å². The molecule has 110 valence electrons. The topological polar surface area (TPSA) is 86.2 Å². The first-order valence-corrected chi connectivity index (χ1v) is 7.67. The van der Waals surface area contributed by atoms with Crippen molar-refractivity contribution in [3.8, 4) is 0 Å². The first-order chi connectivity index (χ1) is 10.0. The molecule has 6 heteroatoms. The summed E-state index contributed by atoms with van der Waals surface area (Å²) < 4.78 is 12.5. The Morgan fingerprint density at radius 2 is 1.67 bits per heavy atom. The third-order valence-corrected chi connectivity index (χ3v) is 5.01. The highest BCUT2D eigenvalue weighted by Crippen LogP contribution is 2.23. The average molecular weight is 304 g/mol. The summed E-state index contributed by atoms with van der Waals surface area (Å²) in [6.45, 7) is 1.81. The van der Waals surface area contributed by atoms with Crippen LogP contribution in [0.15, 0.2) is 59.5 Å². The van der Waals surface area contributed by atoms with Gasteiger partial charge in [-0.15, -0.1) is 0 Å². The molecular weight excluding hydrogens is 288 g/mol. The standard InChI is InChI=1S/C15H16N2O3S/c1-11(15(16)12-5-3-2-4-6-12)21(20)14-9-7-13(8-10-14)17(18)19/h2-11,15H,16H2,1H3. The minimum atomic E-state index is -1.33. The van der Waals surface area contributed by atoms with Crippen molar-refractivity contribution in [2.75, 3.05) is 0 Å². The van der Waals surface area contributed by atoms with E-state index in [2.05, 4.69) is 0 Å². The quantitative estimate of drug-likeness (QED) is 0.679. The van der Waals surface area contributed by atoms with E-state index in [-0.39, 0.29) is 17.0 Å². The smallest absolute Gasteiger partial charge is 0.269 e. The zero-order chi connectivity index (χ0) is 15.4. The van der Waals surface area contributed by atoms with Gasteiger partial charge in [-0.2, -0.15) is 0 Å². The maximum atomic E-state index is 12.5. The molecule has 0 saturated heterocycles. The van der Waals surface area contributed by atoms with Crippen molar-refractivity contribution in [2.24, 2.45) is 5.73 Å². The van der Waals surface area contributed by atoms with Crippen LogP contribution in [0.25, 0.3) is 0 Å². The van der Waals surface area contributed by atoms with Crippen molar-refractivity contribution in [2.45, 2.75) is 23.1 Å². The fraction of sp³-hybridized carbons (Fsp3) is 0.200. The van der Waals surface area contributed by atoms with Crippen LogP contribution < -0.4 is 5.73 Å². The molecule has 21 heavy (non-hydrogen) atoms. The molecule has 2 rings (SSSR count). The maximum absolute atomic E-state index is 12.5. The van der Waals surface area contributed by atoms with Crippen LogP contribution in [0.5, 0.6) is 0 Å². The largest absolute Gasteiger partial charge is 0.323 e. The van der Waals surface area contributed by atoms with E-state index in [1.165, 1.54) is 24.3 Å². The summed E-state index contributed by atoms with van der Waals surface area (Å²) in [6, 6.07) is 14.8. The van der Waals surface area contributed by atoms with Crippen LogP contribution in [0, 0.1) is 10.1 Å². The first kappa shape index (κ1) is 15.3. The van der Waals surface area contributed by atoms with E-state index in [1.807, 2.05) is 37.3 Å². The Labute approximate surface area is 125 Å². The molecule has 0 aromatic heterocycles. The van der Waals surface area contributed by atoms with E-state index < -0.39 is 15.7 Å². The number of rotatable bonds is 5. The molecule has 3 atom stereocenters. The monoisotopic (exact) mass is 304 g/mol. The lowest BCUT2D eigenvalue weighted by atomic mass is 10.1. The van der Waals surface area contributed by atoms with E-state index in [0.717, 1.165) is 5.56 Å². The predicted octanol–water partition coefficient (Wildman–Crippen LogP) is 2.79. The average Bonchev–Trinajstić information content (AvgIpc) is 2.53. The van der Waals surface area contributed by atoms with Gasteiger partial charge >= 0.3 is 0 Å². The van der Waals surface area contributed by atoms with Crippen molar-refractivity contribution in [1.29, 1.82) is 0 Å². The fourth-order valence-corrected chi connectivity index (χ4v) is 3.25. The number of benzene rings is 2. The second-order valence-electron chi connectivity index (χ2n) is 4.69. The molecule has 0 bridgehead atoms. The summed E-state index contributed by atoms with van der Waals surface area (Å²) in [6.07, 6.45) is 0. The van der Waals surface area contributed by atoms with Crippen LogP contribution in [-0.4, -0.2) is 14.4 Å². The number of hydrogen-bond acceptors (Lipinski definition) is 4. The Bertz CT molecular complexity index is 644. The Kier molecular flexibility index (Phi) is 4.82. The van der Waals surface area contributed by atoms with Gasteiger partial charge in [-0.25, -0.2) is 0 Å². The number of nitro benzene ring substituents is 1. The summed E-state index contributed by atoms with van der Waals surface area (Å²) in [5, 5.41) is 10.3. The molecule has 0 spiro atoms. The van der Waals surface area contributed by atoms with Crippen molar-refractivity contribution in [1.82, 2.24) is 0 Å². The molecule has 2 N–H and O–H groups in total. The van der Waals surface area contributed by atoms with Crippen LogP contribution in [0.4, 0.5) is 5.69 Å². The number of nitrogens with two attached hydrogens (primary N) is 1. The van der Waals surface area contributed by atoms with E-state index in [0.29, 0.717) is 4.90 Å². The molecule has 0 amide bonds. The molecular formula is C15H16N2O3S. The van der Waals surface area contributed by atoms with Gasteiger partial charge in [0.1, 0.15) is 0 Å². The van der Waals surface area contributed by atoms with Crippen LogP contribution in [0.3, 0.4) is 0 Å². The van der Waals surface area contributed by atoms with Gasteiger partial charge in [-0.05, 0) is 24.6 Å². The summed E-state index contributed by atoms with van der Waals surface area (Å²) in [7, 11) is -1.33. The fourth-order valence-electron chi connectivity index (χ4n) is 2.00. The second kappa shape index (κ2) is 6.60. The minimum absolute atomic E-state index is 0.0178. The summed E-state index contributed by atoms with van der Waals surface area (Å²) in [5.41, 5.74) is 7.05. The molecule has 0 aliphatic heterocycles. The Morgan fingerprint density at radius 1 is 1.10 bits per heavy atom. The number of nitro groups is 1. The molecule has 5 nitrogen and oxygen atoms in total. The van der Waals surface area contributed by atoms with Crippen LogP contribution in [-0.2, 0) is 10.8 Å². The van der Waals surface area contributed by atoms with Gasteiger partial charge < -0.3 is 5.73 Å². The molecule has 0 aliphatic rings. The van der Waals surface area contributed by atoms with E-state index in [9.17, 15) is 14.3 Å². The summed E-state index contributed by atoms with van der Waals surface area (Å²) >= 11 is 0. The molecule has 0 radical (unpaired) electrons. The zero-order valence-electron chi connectivity index (χ0n) is 11.5. The van der Waals surface area contributed by atoms with E-state index in [1.54, 1.807) is 0 Å². The highest BCUT2D eigenvalue weighted by molar-refractivity contribution is 7.85. The third-order valence-electron chi connectivity index (χ3n) is 3.31. The van der Waals surface area contributed by atoms with Crippen molar-refractivity contribution in [3.05, 3.63) is 70.3 Å². The number of non-ortho nitro benzene ring substituents is 1. The molecule has 0 fully saturated rings. The molecule has 3 unspecified atom stereocenters. The van der Waals surface area contributed by atoms with Crippen LogP contribution in [0.2, 0.25) is 0 Å². The summed E-state index contributed by atoms with van der Waals surface area (Å²) in [5.74, 6) is 0. The van der Waals surface area contributed by atoms with Gasteiger partial charge in [0.05, 0.1) is 21.0 Å². The van der Waals surface area contributed by atoms with E-state index in [4.69, 9.17) is 5.73 Å². The number of hydrogen-bond donors (Lipinski definition) is 1. The van der Waals surface area contributed by atoms with E-state index >= 15 is 0 Å². The molecule has 0 saturated carbocycles. The molecule has 2 aromatic rings. The zero-order valence-corrected chi connectivity index (χ0v) is 12.3. The van der Waals surface area contributed by atoms with Gasteiger partial charge in [0.2, 0.25) is 0 Å². The Balaban J connectivity index is 2.17. The SMILES string of the molecule is CC(C(N)c1ccccc1)S(=O)c1ccc([N+](=O)[O-])cc1. The second-order valence-corrected chi connectivity index (χ2v) is 6.50. The molecule has 0 heterocycles. The Hall–Kier alpha value is -2.05. The number of nitrogens with zero attached hydrogens (tertiary/aromatic N) is 1. The third kappa shape index (κ3) is 3.53. The van der Waals surface area contributed by atoms with Gasteiger partial charge in [0, 0.05) is 23.1 Å². The van der Waals surface area contributed by atoms with Crippen molar-refractivity contribution in [3.63, 3.8) is 0 Å². The maximum Gasteiger partial charge on any atom is 0.269 e. The summed E-state index contributed by atoms with van der Waals surface area (Å²) in [4.78, 5) is 10.7.